The second kappa shape index (κ2) is 16.8. The first-order valence-electron chi connectivity index (χ1n) is 9.56. The molecular weight excluding hydrogens is 276 g/mol. The molecule has 0 fully saturated rings. The Labute approximate surface area is 137 Å². The van der Waals surface area contributed by atoms with Gasteiger partial charge in [0.2, 0.25) is 0 Å². The van der Waals surface area contributed by atoms with Crippen molar-refractivity contribution in [3.63, 3.8) is 0 Å². The molecule has 0 saturated carbocycles. The molecule has 0 amide bonds. The van der Waals surface area contributed by atoms with Crippen molar-refractivity contribution in [3.8, 4) is 0 Å². The van der Waals surface area contributed by atoms with Crippen molar-refractivity contribution in [2.75, 3.05) is 0 Å². The predicted molar refractivity (Wildman–Crippen MR) is 93.2 cm³/mol. The summed E-state index contributed by atoms with van der Waals surface area (Å²) >= 11 is 0. The summed E-state index contributed by atoms with van der Waals surface area (Å²) in [6.07, 6.45) is 17.6. The molecule has 0 aromatic carbocycles. The van der Waals surface area contributed by atoms with Crippen molar-refractivity contribution < 1.29 is 15.0 Å². The number of hydrogen-bond donors (Lipinski definition) is 2. The van der Waals surface area contributed by atoms with Crippen LogP contribution in [-0.4, -0.2) is 22.3 Å². The second-order valence-electron chi connectivity index (χ2n) is 6.62. The quantitative estimate of drug-likeness (QED) is 0.339. The molecule has 0 bridgehead atoms. The number of carboxylic acid groups (broad SMARTS) is 1. The van der Waals surface area contributed by atoms with Crippen LogP contribution in [0.4, 0.5) is 0 Å². The molecule has 0 radical (unpaired) electrons. The average molecular weight is 315 g/mol. The van der Waals surface area contributed by atoms with Crippen LogP contribution in [0.15, 0.2) is 0 Å². The van der Waals surface area contributed by atoms with E-state index in [0.29, 0.717) is 6.42 Å². The van der Waals surface area contributed by atoms with Crippen LogP contribution in [0.3, 0.4) is 0 Å². The van der Waals surface area contributed by atoms with E-state index in [9.17, 15) is 9.90 Å². The third-order valence-electron chi connectivity index (χ3n) is 4.32. The first-order valence-corrected chi connectivity index (χ1v) is 9.56. The van der Waals surface area contributed by atoms with Gasteiger partial charge in [-0.3, -0.25) is 4.79 Å². The van der Waals surface area contributed by atoms with Crippen LogP contribution in [0, 0.1) is 0 Å². The Hall–Kier alpha value is -0.570. The Kier molecular flexibility index (Phi) is 16.4. The Morgan fingerprint density at radius 2 is 1.14 bits per heavy atom. The highest BCUT2D eigenvalue weighted by molar-refractivity contribution is 5.66. The van der Waals surface area contributed by atoms with Crippen LogP contribution in [0.2, 0.25) is 0 Å². The highest BCUT2D eigenvalue weighted by atomic mass is 16.4. The number of carboxylic acids is 1. The van der Waals surface area contributed by atoms with Gasteiger partial charge in [-0.25, -0.2) is 0 Å². The van der Waals surface area contributed by atoms with E-state index < -0.39 is 5.97 Å². The first kappa shape index (κ1) is 21.4. The minimum Gasteiger partial charge on any atom is -0.481 e. The smallest absolute Gasteiger partial charge is 0.303 e. The molecule has 0 saturated heterocycles. The number of unbranched alkanes of at least 4 members (excludes halogenated alkanes) is 11. The number of rotatable bonds is 17. The summed E-state index contributed by atoms with van der Waals surface area (Å²) in [5.74, 6) is -0.681. The van der Waals surface area contributed by atoms with Crippen LogP contribution in [0.25, 0.3) is 0 Å². The van der Waals surface area contributed by atoms with E-state index in [4.69, 9.17) is 5.11 Å². The van der Waals surface area contributed by atoms with Crippen molar-refractivity contribution in [1.29, 1.82) is 0 Å². The zero-order valence-corrected chi connectivity index (χ0v) is 14.7. The number of aliphatic carboxylic acids is 1. The standard InChI is InChI=1S/C19H38O3/c1-2-3-4-5-9-12-15-18(20)16-13-10-7-6-8-11-14-17-19(21)22/h18,20H,2-17H2,1H3,(H,21,22). The zero-order valence-electron chi connectivity index (χ0n) is 14.7. The molecule has 1 unspecified atom stereocenters. The van der Waals surface area contributed by atoms with Gasteiger partial charge in [-0.05, 0) is 19.3 Å². The lowest BCUT2D eigenvalue weighted by Crippen LogP contribution is -2.05. The van der Waals surface area contributed by atoms with Gasteiger partial charge in [0, 0.05) is 6.42 Å². The molecule has 0 spiro atoms. The third-order valence-corrected chi connectivity index (χ3v) is 4.32. The second-order valence-corrected chi connectivity index (χ2v) is 6.62. The van der Waals surface area contributed by atoms with Crippen molar-refractivity contribution in [3.05, 3.63) is 0 Å². The van der Waals surface area contributed by atoms with E-state index in [1.54, 1.807) is 0 Å². The van der Waals surface area contributed by atoms with Crippen molar-refractivity contribution >= 4 is 5.97 Å². The molecule has 0 heterocycles. The Morgan fingerprint density at radius 3 is 1.59 bits per heavy atom. The maximum absolute atomic E-state index is 10.4. The van der Waals surface area contributed by atoms with E-state index in [1.807, 2.05) is 0 Å². The first-order chi connectivity index (χ1) is 10.7. The van der Waals surface area contributed by atoms with Crippen LogP contribution >= 0.6 is 0 Å². The number of aliphatic hydroxyl groups excluding tert-OH is 1. The predicted octanol–water partition coefficient (Wildman–Crippen LogP) is 5.69. The Bertz CT molecular complexity index is 241. The molecule has 0 aromatic rings. The minimum absolute atomic E-state index is 0.0956. The molecule has 3 nitrogen and oxygen atoms in total. The lowest BCUT2D eigenvalue weighted by molar-refractivity contribution is -0.137. The molecule has 0 aromatic heterocycles. The summed E-state index contributed by atoms with van der Waals surface area (Å²) in [5.41, 5.74) is 0. The maximum Gasteiger partial charge on any atom is 0.303 e. The molecule has 0 rings (SSSR count). The van der Waals surface area contributed by atoms with Crippen LogP contribution in [0.1, 0.15) is 110 Å². The van der Waals surface area contributed by atoms with E-state index in [0.717, 1.165) is 38.5 Å². The highest BCUT2D eigenvalue weighted by Gasteiger charge is 2.03. The third kappa shape index (κ3) is 17.5. The fraction of sp³-hybridized carbons (Fsp3) is 0.947. The summed E-state index contributed by atoms with van der Waals surface area (Å²) in [6, 6.07) is 0. The summed E-state index contributed by atoms with van der Waals surface area (Å²) in [7, 11) is 0. The minimum atomic E-state index is -0.681. The number of carbonyl (C=O) groups is 1. The SMILES string of the molecule is CCCCCCCCC(O)CCCCCCCCCC(=O)O. The topological polar surface area (TPSA) is 57.5 Å². The van der Waals surface area contributed by atoms with Crippen molar-refractivity contribution in [2.45, 2.75) is 116 Å². The molecular formula is C19H38O3. The lowest BCUT2D eigenvalue weighted by Gasteiger charge is -2.10. The van der Waals surface area contributed by atoms with Crippen LogP contribution in [-0.2, 0) is 4.79 Å². The summed E-state index contributed by atoms with van der Waals surface area (Å²) < 4.78 is 0. The summed E-state index contributed by atoms with van der Waals surface area (Å²) in [5, 5.41) is 18.5. The fourth-order valence-electron chi connectivity index (χ4n) is 2.84. The fourth-order valence-corrected chi connectivity index (χ4v) is 2.84. The zero-order chi connectivity index (χ0) is 16.5. The van der Waals surface area contributed by atoms with Gasteiger partial charge in [0.05, 0.1) is 6.10 Å². The van der Waals surface area contributed by atoms with Gasteiger partial charge in [-0.2, -0.15) is 0 Å². The highest BCUT2D eigenvalue weighted by Crippen LogP contribution is 2.14. The van der Waals surface area contributed by atoms with Gasteiger partial charge in [-0.15, -0.1) is 0 Å². The van der Waals surface area contributed by atoms with Crippen molar-refractivity contribution in [1.82, 2.24) is 0 Å². The molecule has 0 aliphatic heterocycles. The molecule has 22 heavy (non-hydrogen) atoms. The number of hydrogen-bond acceptors (Lipinski definition) is 2. The maximum atomic E-state index is 10.4. The van der Waals surface area contributed by atoms with E-state index in [1.165, 1.54) is 57.8 Å². The lowest BCUT2D eigenvalue weighted by atomic mass is 10.0. The molecule has 2 N–H and O–H groups in total. The van der Waals surface area contributed by atoms with Crippen LogP contribution in [0.5, 0.6) is 0 Å². The largest absolute Gasteiger partial charge is 0.481 e. The molecule has 0 aliphatic carbocycles. The monoisotopic (exact) mass is 314 g/mol. The molecule has 132 valence electrons. The van der Waals surface area contributed by atoms with Gasteiger partial charge in [-0.1, -0.05) is 84.0 Å². The summed E-state index contributed by atoms with van der Waals surface area (Å²) in [4.78, 5) is 10.4. The van der Waals surface area contributed by atoms with E-state index in [2.05, 4.69) is 6.92 Å². The van der Waals surface area contributed by atoms with Crippen LogP contribution < -0.4 is 0 Å². The molecule has 3 heteroatoms. The average Bonchev–Trinajstić information content (AvgIpc) is 2.48. The van der Waals surface area contributed by atoms with E-state index >= 15 is 0 Å². The van der Waals surface area contributed by atoms with Gasteiger partial charge in [0.1, 0.15) is 0 Å². The van der Waals surface area contributed by atoms with E-state index in [-0.39, 0.29) is 6.10 Å². The molecule has 1 atom stereocenters. The molecule has 0 aliphatic rings. The Morgan fingerprint density at radius 1 is 0.727 bits per heavy atom. The van der Waals surface area contributed by atoms with Gasteiger partial charge >= 0.3 is 5.97 Å². The number of aliphatic hydroxyl groups is 1. The van der Waals surface area contributed by atoms with Gasteiger partial charge in [0.15, 0.2) is 0 Å². The van der Waals surface area contributed by atoms with Crippen molar-refractivity contribution in [2.24, 2.45) is 0 Å². The normalized spacial score (nSPS) is 12.5. The summed E-state index contributed by atoms with van der Waals surface area (Å²) in [6.45, 7) is 2.24. The Balaban J connectivity index is 3.15. The van der Waals surface area contributed by atoms with Gasteiger partial charge < -0.3 is 10.2 Å². The van der Waals surface area contributed by atoms with Gasteiger partial charge in [0.25, 0.3) is 0 Å².